The first kappa shape index (κ1) is 15.1. The van der Waals surface area contributed by atoms with E-state index in [1.54, 1.807) is 6.07 Å². The molecule has 102 valence electrons. The van der Waals surface area contributed by atoms with Gasteiger partial charge in [-0.15, -0.1) is 12.4 Å². The van der Waals surface area contributed by atoms with Crippen LogP contribution in [0.5, 0.6) is 5.75 Å². The van der Waals surface area contributed by atoms with Crippen LogP contribution in [0, 0.1) is 5.92 Å². The van der Waals surface area contributed by atoms with Gasteiger partial charge in [0, 0.05) is 6.04 Å². The van der Waals surface area contributed by atoms with Gasteiger partial charge in [-0.1, -0.05) is 0 Å². The average molecular weight is 282 g/mol. The van der Waals surface area contributed by atoms with Crippen molar-refractivity contribution in [2.45, 2.75) is 25.1 Å². The predicted molar refractivity (Wildman–Crippen MR) is 64.9 cm³/mol. The topological polar surface area (TPSA) is 35.2 Å². The van der Waals surface area contributed by atoms with E-state index in [0.29, 0.717) is 11.5 Å². The number of nitrogens with two attached hydrogens (primary N) is 1. The maximum absolute atomic E-state index is 12.7. The number of rotatable bonds is 3. The molecule has 0 radical (unpaired) electrons. The fourth-order valence-corrected chi connectivity index (χ4v) is 1.82. The molecule has 1 aliphatic carbocycles. The average Bonchev–Trinajstić information content (AvgIpc) is 3.10. The van der Waals surface area contributed by atoms with Crippen LogP contribution in [0.2, 0.25) is 0 Å². The fraction of sp³-hybridized carbons (Fsp3) is 0.500. The van der Waals surface area contributed by atoms with E-state index in [1.807, 2.05) is 0 Å². The lowest BCUT2D eigenvalue weighted by Gasteiger charge is -2.15. The third-order valence-corrected chi connectivity index (χ3v) is 3.01. The van der Waals surface area contributed by atoms with Crippen LogP contribution in [-0.4, -0.2) is 7.11 Å². The SMILES string of the molecule is COc1cc([C@H](N)C2CC2)cc(C(F)(F)F)c1.Cl. The van der Waals surface area contributed by atoms with Gasteiger partial charge in [-0.25, -0.2) is 0 Å². The lowest BCUT2D eigenvalue weighted by molar-refractivity contribution is -0.137. The van der Waals surface area contributed by atoms with Gasteiger partial charge in [-0.2, -0.15) is 13.2 Å². The summed E-state index contributed by atoms with van der Waals surface area (Å²) in [6.45, 7) is 0. The predicted octanol–water partition coefficient (Wildman–Crippen LogP) is 3.55. The Bertz CT molecular complexity index is 418. The summed E-state index contributed by atoms with van der Waals surface area (Å²) in [6, 6.07) is 3.36. The van der Waals surface area contributed by atoms with Crippen molar-refractivity contribution in [1.29, 1.82) is 0 Å². The molecular weight excluding hydrogens is 267 g/mol. The first-order valence-electron chi connectivity index (χ1n) is 5.43. The fourth-order valence-electron chi connectivity index (χ4n) is 1.82. The van der Waals surface area contributed by atoms with E-state index < -0.39 is 11.7 Å². The second kappa shape index (κ2) is 5.36. The van der Waals surface area contributed by atoms with Crippen molar-refractivity contribution in [3.63, 3.8) is 0 Å². The highest BCUT2D eigenvalue weighted by molar-refractivity contribution is 5.85. The Morgan fingerprint density at radius 2 is 1.89 bits per heavy atom. The van der Waals surface area contributed by atoms with Gasteiger partial charge in [-0.05, 0) is 42.5 Å². The molecule has 2 rings (SSSR count). The molecule has 1 fully saturated rings. The molecule has 1 aromatic rings. The molecule has 6 heteroatoms. The monoisotopic (exact) mass is 281 g/mol. The quantitative estimate of drug-likeness (QED) is 0.920. The maximum Gasteiger partial charge on any atom is 0.416 e. The largest absolute Gasteiger partial charge is 0.497 e. The molecule has 1 atom stereocenters. The Kier molecular flexibility index (Phi) is 4.50. The summed E-state index contributed by atoms with van der Waals surface area (Å²) in [5.74, 6) is 0.508. The van der Waals surface area contributed by atoms with Gasteiger partial charge in [0.1, 0.15) is 5.75 Å². The molecule has 18 heavy (non-hydrogen) atoms. The van der Waals surface area contributed by atoms with Crippen LogP contribution in [0.1, 0.15) is 30.0 Å². The van der Waals surface area contributed by atoms with Crippen LogP contribution in [0.15, 0.2) is 18.2 Å². The Morgan fingerprint density at radius 3 is 2.33 bits per heavy atom. The zero-order valence-electron chi connectivity index (χ0n) is 9.83. The van der Waals surface area contributed by atoms with Gasteiger partial charge in [-0.3, -0.25) is 0 Å². The molecule has 0 unspecified atom stereocenters. The minimum Gasteiger partial charge on any atom is -0.497 e. The van der Waals surface area contributed by atoms with E-state index >= 15 is 0 Å². The van der Waals surface area contributed by atoms with Gasteiger partial charge in [0.05, 0.1) is 12.7 Å². The van der Waals surface area contributed by atoms with E-state index in [-0.39, 0.29) is 24.2 Å². The summed E-state index contributed by atoms with van der Waals surface area (Å²) in [6.07, 6.45) is -2.40. The van der Waals surface area contributed by atoms with Gasteiger partial charge >= 0.3 is 6.18 Å². The molecule has 0 aromatic heterocycles. The Morgan fingerprint density at radius 1 is 1.28 bits per heavy atom. The summed E-state index contributed by atoms with van der Waals surface area (Å²) < 4.78 is 42.9. The molecule has 0 aliphatic heterocycles. The number of halogens is 4. The normalized spacial score (nSPS) is 16.9. The van der Waals surface area contributed by atoms with E-state index in [0.717, 1.165) is 25.0 Å². The van der Waals surface area contributed by atoms with Crippen LogP contribution < -0.4 is 10.5 Å². The molecular formula is C12H15ClF3NO. The number of alkyl halides is 3. The second-order valence-corrected chi connectivity index (χ2v) is 4.36. The molecule has 1 aliphatic rings. The van der Waals surface area contributed by atoms with Crippen molar-refractivity contribution in [2.24, 2.45) is 11.7 Å². The summed E-state index contributed by atoms with van der Waals surface area (Å²) in [5.41, 5.74) is 5.71. The standard InChI is InChI=1S/C12H14F3NO.ClH/c1-17-10-5-8(11(16)7-2-3-7)4-9(6-10)12(13,14)15;/h4-7,11H,2-3,16H2,1H3;1H/t11-;/m1./s1. The van der Waals surface area contributed by atoms with Crippen LogP contribution in [0.4, 0.5) is 13.2 Å². The molecule has 2 N–H and O–H groups in total. The van der Waals surface area contributed by atoms with Gasteiger partial charge in [0.25, 0.3) is 0 Å². The zero-order valence-corrected chi connectivity index (χ0v) is 10.6. The van der Waals surface area contributed by atoms with E-state index in [2.05, 4.69) is 0 Å². The highest BCUT2D eigenvalue weighted by Crippen LogP contribution is 2.41. The van der Waals surface area contributed by atoms with Gasteiger partial charge in [0.15, 0.2) is 0 Å². The molecule has 1 saturated carbocycles. The van der Waals surface area contributed by atoms with Crippen LogP contribution >= 0.6 is 12.4 Å². The Hall–Kier alpha value is -0.940. The second-order valence-electron chi connectivity index (χ2n) is 4.36. The van der Waals surface area contributed by atoms with E-state index in [1.165, 1.54) is 7.11 Å². The smallest absolute Gasteiger partial charge is 0.416 e. The number of hydrogen-bond donors (Lipinski definition) is 1. The summed E-state index contributed by atoms with van der Waals surface area (Å²) in [4.78, 5) is 0. The molecule has 0 spiro atoms. The summed E-state index contributed by atoms with van der Waals surface area (Å²) >= 11 is 0. The lowest BCUT2D eigenvalue weighted by atomic mass is 10.0. The first-order valence-corrected chi connectivity index (χ1v) is 5.43. The third-order valence-electron chi connectivity index (χ3n) is 3.01. The first-order chi connectivity index (χ1) is 7.91. The molecule has 0 heterocycles. The summed E-state index contributed by atoms with van der Waals surface area (Å²) in [7, 11) is 1.35. The minimum atomic E-state index is -4.37. The van der Waals surface area contributed by atoms with Gasteiger partial charge < -0.3 is 10.5 Å². The molecule has 2 nitrogen and oxygen atoms in total. The van der Waals surface area contributed by atoms with Crippen LogP contribution in [0.3, 0.4) is 0 Å². The lowest BCUT2D eigenvalue weighted by Crippen LogP contribution is -2.14. The van der Waals surface area contributed by atoms with Crippen LogP contribution in [0.25, 0.3) is 0 Å². The maximum atomic E-state index is 12.7. The van der Waals surface area contributed by atoms with Crippen molar-refractivity contribution in [3.05, 3.63) is 29.3 Å². The summed E-state index contributed by atoms with van der Waals surface area (Å²) in [5, 5.41) is 0. The van der Waals surface area contributed by atoms with Crippen molar-refractivity contribution in [3.8, 4) is 5.75 Å². The Balaban J connectivity index is 0.00000162. The van der Waals surface area contributed by atoms with E-state index in [4.69, 9.17) is 10.5 Å². The highest BCUT2D eigenvalue weighted by atomic mass is 35.5. The number of hydrogen-bond acceptors (Lipinski definition) is 2. The Labute approximate surface area is 110 Å². The molecule has 0 amide bonds. The van der Waals surface area contributed by atoms with Crippen molar-refractivity contribution in [1.82, 2.24) is 0 Å². The minimum absolute atomic E-state index is 0. The number of methoxy groups -OCH3 is 1. The van der Waals surface area contributed by atoms with Crippen molar-refractivity contribution >= 4 is 12.4 Å². The van der Waals surface area contributed by atoms with Gasteiger partial charge in [0.2, 0.25) is 0 Å². The number of ether oxygens (including phenoxy) is 1. The van der Waals surface area contributed by atoms with E-state index in [9.17, 15) is 13.2 Å². The van der Waals surface area contributed by atoms with Crippen molar-refractivity contribution < 1.29 is 17.9 Å². The molecule has 0 bridgehead atoms. The highest BCUT2D eigenvalue weighted by Gasteiger charge is 2.34. The molecule has 0 saturated heterocycles. The van der Waals surface area contributed by atoms with Crippen molar-refractivity contribution in [2.75, 3.05) is 7.11 Å². The molecule has 1 aromatic carbocycles. The zero-order chi connectivity index (χ0) is 12.6. The third kappa shape index (κ3) is 3.29. The number of benzene rings is 1. The van der Waals surface area contributed by atoms with Crippen LogP contribution in [-0.2, 0) is 6.18 Å².